The van der Waals surface area contributed by atoms with E-state index in [1.54, 1.807) is 19.2 Å². The highest BCUT2D eigenvalue weighted by Crippen LogP contribution is 2.29. The third kappa shape index (κ3) is 7.53. The zero-order valence-corrected chi connectivity index (χ0v) is 15.2. The van der Waals surface area contributed by atoms with Crippen LogP contribution in [-0.4, -0.2) is 38.9 Å². The minimum absolute atomic E-state index is 0.0551. The number of aliphatic imine (C=N–C) groups is 1. The van der Waals surface area contributed by atoms with Crippen molar-refractivity contribution in [2.45, 2.75) is 39.5 Å². The third-order valence-electron chi connectivity index (χ3n) is 3.67. The molecule has 1 aromatic rings. The van der Waals surface area contributed by atoms with Crippen molar-refractivity contribution < 1.29 is 22.6 Å². The molecule has 0 bridgehead atoms. The number of hydrogen-bond acceptors (Lipinski definition) is 3. The number of guanidine groups is 1. The van der Waals surface area contributed by atoms with Crippen LogP contribution in [0.5, 0.6) is 11.5 Å². The van der Waals surface area contributed by atoms with Crippen LogP contribution < -0.4 is 20.1 Å². The van der Waals surface area contributed by atoms with Crippen LogP contribution >= 0.6 is 0 Å². The normalized spacial score (nSPS) is 13.6. The van der Waals surface area contributed by atoms with Gasteiger partial charge in [0.15, 0.2) is 24.1 Å². The molecule has 1 unspecified atom stereocenters. The lowest BCUT2D eigenvalue weighted by molar-refractivity contribution is -0.153. The van der Waals surface area contributed by atoms with Crippen molar-refractivity contribution >= 4 is 5.96 Å². The second kappa shape index (κ2) is 9.39. The molecule has 25 heavy (non-hydrogen) atoms. The fourth-order valence-corrected chi connectivity index (χ4v) is 1.86. The van der Waals surface area contributed by atoms with Gasteiger partial charge < -0.3 is 20.1 Å². The minimum Gasteiger partial charge on any atom is -0.493 e. The molecule has 0 heterocycles. The zero-order chi connectivity index (χ0) is 19.0. The van der Waals surface area contributed by atoms with Crippen molar-refractivity contribution in [3.63, 3.8) is 0 Å². The summed E-state index contributed by atoms with van der Waals surface area (Å²) < 4.78 is 46.7. The molecule has 0 aliphatic rings. The smallest absolute Gasteiger partial charge is 0.422 e. The second-order valence-corrected chi connectivity index (χ2v) is 5.99. The van der Waals surface area contributed by atoms with Gasteiger partial charge >= 0.3 is 6.18 Å². The quantitative estimate of drug-likeness (QED) is 0.578. The Balaban J connectivity index is 2.70. The number of hydrogen-bond donors (Lipinski definition) is 2. The van der Waals surface area contributed by atoms with Crippen molar-refractivity contribution in [1.29, 1.82) is 0 Å². The summed E-state index contributed by atoms with van der Waals surface area (Å²) in [6.45, 7) is 5.36. The van der Waals surface area contributed by atoms with Crippen LogP contribution in [0.15, 0.2) is 23.2 Å². The Bertz CT molecular complexity index is 575. The first-order valence-electron chi connectivity index (χ1n) is 8.00. The highest BCUT2D eigenvalue weighted by Gasteiger charge is 2.29. The molecule has 0 saturated carbocycles. The average Bonchev–Trinajstić information content (AvgIpc) is 2.55. The van der Waals surface area contributed by atoms with Crippen LogP contribution in [0, 0.1) is 5.92 Å². The molecule has 0 radical (unpaired) electrons. The first kappa shape index (κ1) is 20.9. The number of nitrogens with zero attached hydrogens (tertiary/aromatic N) is 1. The van der Waals surface area contributed by atoms with Gasteiger partial charge in [0.2, 0.25) is 0 Å². The van der Waals surface area contributed by atoms with Crippen molar-refractivity contribution in [3.05, 3.63) is 23.8 Å². The van der Waals surface area contributed by atoms with E-state index in [9.17, 15) is 13.2 Å². The van der Waals surface area contributed by atoms with Crippen LogP contribution in [0.3, 0.4) is 0 Å². The average molecular weight is 361 g/mol. The van der Waals surface area contributed by atoms with Gasteiger partial charge in [-0.1, -0.05) is 19.9 Å². The number of benzene rings is 1. The summed E-state index contributed by atoms with van der Waals surface area (Å²) in [4.78, 5) is 4.16. The number of nitrogens with one attached hydrogen (secondary N) is 2. The fraction of sp³-hybridized carbons (Fsp3) is 0.588. The Morgan fingerprint density at radius 2 is 1.88 bits per heavy atom. The summed E-state index contributed by atoms with van der Waals surface area (Å²) >= 11 is 0. The van der Waals surface area contributed by atoms with E-state index in [2.05, 4.69) is 36.4 Å². The molecule has 0 aliphatic heterocycles. The predicted octanol–water partition coefficient (Wildman–Crippen LogP) is 3.35. The van der Waals surface area contributed by atoms with Gasteiger partial charge in [-0.25, -0.2) is 0 Å². The monoisotopic (exact) mass is 361 g/mol. The number of rotatable bonds is 7. The maximum absolute atomic E-state index is 12.3. The molecule has 8 heteroatoms. The maximum Gasteiger partial charge on any atom is 0.422 e. The Morgan fingerprint density at radius 3 is 2.40 bits per heavy atom. The van der Waals surface area contributed by atoms with Crippen molar-refractivity contribution in [1.82, 2.24) is 10.6 Å². The minimum atomic E-state index is -4.39. The molecule has 1 aromatic carbocycles. The van der Waals surface area contributed by atoms with Crippen molar-refractivity contribution in [2.24, 2.45) is 10.9 Å². The molecule has 1 atom stereocenters. The number of halogens is 3. The highest BCUT2D eigenvalue weighted by molar-refractivity contribution is 5.79. The zero-order valence-electron chi connectivity index (χ0n) is 15.2. The second-order valence-electron chi connectivity index (χ2n) is 5.99. The molecule has 1 rings (SSSR count). The van der Waals surface area contributed by atoms with E-state index in [-0.39, 0.29) is 17.5 Å². The van der Waals surface area contributed by atoms with Crippen LogP contribution in [0.1, 0.15) is 26.3 Å². The van der Waals surface area contributed by atoms with E-state index >= 15 is 0 Å². The summed E-state index contributed by atoms with van der Waals surface area (Å²) in [6.07, 6.45) is -4.39. The molecule has 0 aliphatic carbocycles. The molecule has 0 fully saturated rings. The van der Waals surface area contributed by atoms with Gasteiger partial charge in [-0.3, -0.25) is 4.99 Å². The van der Waals surface area contributed by atoms with E-state index in [4.69, 9.17) is 9.47 Å². The lowest BCUT2D eigenvalue weighted by atomic mass is 10.1. The van der Waals surface area contributed by atoms with Crippen molar-refractivity contribution in [3.8, 4) is 11.5 Å². The van der Waals surface area contributed by atoms with Gasteiger partial charge in [-0.2, -0.15) is 13.2 Å². The van der Waals surface area contributed by atoms with Crippen LogP contribution in [0.2, 0.25) is 0 Å². The van der Waals surface area contributed by atoms with E-state index in [1.165, 1.54) is 13.2 Å². The molecular formula is C17H26F3N3O2. The van der Waals surface area contributed by atoms with Gasteiger partial charge in [-0.15, -0.1) is 0 Å². The summed E-state index contributed by atoms with van der Waals surface area (Å²) in [5, 5.41) is 6.43. The standard InChI is InChI=1S/C17H26F3N3O2/c1-11(2)12(3)23-16(21-4)22-9-13-6-7-14(15(8-13)24-5)25-10-17(18,19)20/h6-8,11-12H,9-10H2,1-5H3,(H2,21,22,23). The molecule has 0 saturated heterocycles. The van der Waals surface area contributed by atoms with E-state index in [0.29, 0.717) is 18.4 Å². The van der Waals surface area contributed by atoms with E-state index < -0.39 is 12.8 Å². The lowest BCUT2D eigenvalue weighted by Crippen LogP contribution is -2.43. The molecule has 0 aromatic heterocycles. The van der Waals surface area contributed by atoms with E-state index in [0.717, 1.165) is 5.56 Å². The third-order valence-corrected chi connectivity index (χ3v) is 3.67. The van der Waals surface area contributed by atoms with Crippen LogP contribution in [0.25, 0.3) is 0 Å². The molecule has 2 N–H and O–H groups in total. The molecule has 0 amide bonds. The van der Waals surface area contributed by atoms with Crippen LogP contribution in [-0.2, 0) is 6.54 Å². The Morgan fingerprint density at radius 1 is 1.20 bits per heavy atom. The molecular weight excluding hydrogens is 335 g/mol. The first-order valence-corrected chi connectivity index (χ1v) is 8.00. The molecule has 142 valence electrons. The van der Waals surface area contributed by atoms with Gasteiger partial charge in [0, 0.05) is 19.6 Å². The van der Waals surface area contributed by atoms with Gasteiger partial charge in [0.05, 0.1) is 7.11 Å². The Labute approximate surface area is 146 Å². The lowest BCUT2D eigenvalue weighted by Gasteiger charge is -2.21. The highest BCUT2D eigenvalue weighted by atomic mass is 19.4. The maximum atomic E-state index is 12.3. The van der Waals surface area contributed by atoms with Crippen molar-refractivity contribution in [2.75, 3.05) is 20.8 Å². The topological polar surface area (TPSA) is 54.9 Å². The largest absolute Gasteiger partial charge is 0.493 e. The molecule has 5 nitrogen and oxygen atoms in total. The fourth-order valence-electron chi connectivity index (χ4n) is 1.86. The van der Waals surface area contributed by atoms with Gasteiger partial charge in [0.1, 0.15) is 0 Å². The summed E-state index contributed by atoms with van der Waals surface area (Å²) in [6, 6.07) is 5.03. The number of methoxy groups -OCH3 is 1. The van der Waals surface area contributed by atoms with Gasteiger partial charge in [0.25, 0.3) is 0 Å². The summed E-state index contributed by atoms with van der Waals surface area (Å²) in [7, 11) is 3.06. The van der Waals surface area contributed by atoms with E-state index in [1.807, 2.05) is 0 Å². The predicted molar refractivity (Wildman–Crippen MR) is 92.2 cm³/mol. The Hall–Kier alpha value is -2.12. The summed E-state index contributed by atoms with van der Waals surface area (Å²) in [5.41, 5.74) is 0.830. The molecule has 0 spiro atoms. The summed E-state index contributed by atoms with van der Waals surface area (Å²) in [5.74, 6) is 1.41. The number of ether oxygens (including phenoxy) is 2. The SMILES string of the molecule is CN=C(NCc1ccc(OCC(F)(F)F)c(OC)c1)NC(C)C(C)C. The Kier molecular flexibility index (Phi) is 7.86. The number of alkyl halides is 3. The van der Waals surface area contributed by atoms with Crippen LogP contribution in [0.4, 0.5) is 13.2 Å². The first-order chi connectivity index (χ1) is 11.7. The van der Waals surface area contributed by atoms with Gasteiger partial charge in [-0.05, 0) is 30.5 Å².